The molecular formula is C28H31N5O6. The summed E-state index contributed by atoms with van der Waals surface area (Å²) in [4.78, 5) is 37.2. The van der Waals surface area contributed by atoms with Crippen molar-refractivity contribution in [2.45, 2.75) is 32.0 Å². The lowest BCUT2D eigenvalue weighted by molar-refractivity contribution is -0.137. The van der Waals surface area contributed by atoms with Crippen LogP contribution in [0.25, 0.3) is 10.9 Å². The second-order valence-electron chi connectivity index (χ2n) is 10.00. The van der Waals surface area contributed by atoms with Crippen LogP contribution < -0.4 is 10.2 Å². The van der Waals surface area contributed by atoms with E-state index in [0.717, 1.165) is 27.7 Å². The maximum Gasteiger partial charge on any atom is 0.407 e. The largest absolute Gasteiger partial charge is 0.489 e. The predicted molar refractivity (Wildman–Crippen MR) is 143 cm³/mol. The average molecular weight is 534 g/mol. The number of carbonyl (C=O) groups excluding carboxylic acids is 1. The number of carboxylic acid groups (broad SMARTS) is 1. The lowest BCUT2D eigenvalue weighted by Gasteiger charge is -2.37. The molecule has 0 aliphatic carbocycles. The maximum atomic E-state index is 12.1. The summed E-state index contributed by atoms with van der Waals surface area (Å²) < 4.78 is 6.07. The first-order chi connectivity index (χ1) is 18.8. The fraction of sp³-hybridized carbons (Fsp3) is 0.357. The molecule has 0 radical (unpaired) electrons. The van der Waals surface area contributed by atoms with Crippen LogP contribution in [0.5, 0.6) is 5.75 Å². The second kappa shape index (κ2) is 11.3. The van der Waals surface area contributed by atoms with Gasteiger partial charge in [-0.1, -0.05) is 23.4 Å². The summed E-state index contributed by atoms with van der Waals surface area (Å²) in [6.45, 7) is 4.54. The average Bonchev–Trinajstić information content (AvgIpc) is 3.35. The summed E-state index contributed by atoms with van der Waals surface area (Å²) in [7, 11) is 0. The summed E-state index contributed by atoms with van der Waals surface area (Å²) in [6.07, 6.45) is -0.665. The summed E-state index contributed by atoms with van der Waals surface area (Å²) in [5, 5.41) is 23.7. The van der Waals surface area contributed by atoms with Gasteiger partial charge >= 0.3 is 6.09 Å². The molecule has 2 aliphatic heterocycles. The number of hydrogen-bond acceptors (Lipinski definition) is 8. The molecule has 1 saturated heterocycles. The van der Waals surface area contributed by atoms with Gasteiger partial charge < -0.3 is 19.6 Å². The quantitative estimate of drug-likeness (QED) is 0.297. The van der Waals surface area contributed by atoms with Gasteiger partial charge in [-0.25, -0.2) is 10.3 Å². The number of aromatic nitrogens is 1. The molecule has 3 N–H and O–H groups in total. The Balaban J connectivity index is 1.24. The zero-order valence-electron chi connectivity index (χ0n) is 21.7. The number of ether oxygens (including phenoxy) is 1. The molecule has 1 atom stereocenters. The van der Waals surface area contributed by atoms with Gasteiger partial charge in [0, 0.05) is 55.8 Å². The highest BCUT2D eigenvalue weighted by atomic mass is 16.7. The fourth-order valence-corrected chi connectivity index (χ4v) is 5.17. The van der Waals surface area contributed by atoms with E-state index in [1.165, 1.54) is 4.90 Å². The predicted octanol–water partition coefficient (Wildman–Crippen LogP) is 3.18. The third-order valence-corrected chi connectivity index (χ3v) is 7.11. The monoisotopic (exact) mass is 533 g/mol. The van der Waals surface area contributed by atoms with E-state index in [0.29, 0.717) is 57.2 Å². The van der Waals surface area contributed by atoms with Crippen molar-refractivity contribution in [3.05, 3.63) is 71.4 Å². The third-order valence-electron chi connectivity index (χ3n) is 7.11. The fourth-order valence-electron chi connectivity index (χ4n) is 5.17. The number of hydrogen-bond donors (Lipinski definition) is 3. The van der Waals surface area contributed by atoms with Crippen molar-refractivity contribution in [2.24, 2.45) is 5.16 Å². The van der Waals surface area contributed by atoms with Crippen LogP contribution >= 0.6 is 0 Å². The second-order valence-corrected chi connectivity index (χ2v) is 10.00. The van der Waals surface area contributed by atoms with Crippen LogP contribution in [0.1, 0.15) is 29.7 Å². The van der Waals surface area contributed by atoms with Gasteiger partial charge in [-0.15, -0.1) is 0 Å². The number of benzene rings is 2. The molecule has 2 amide bonds. The molecule has 39 heavy (non-hydrogen) atoms. The molecule has 2 aromatic carbocycles. The van der Waals surface area contributed by atoms with Crippen LogP contribution in [-0.4, -0.2) is 81.1 Å². The molecule has 11 heteroatoms. The van der Waals surface area contributed by atoms with E-state index < -0.39 is 17.6 Å². The minimum atomic E-state index is -0.969. The molecule has 1 fully saturated rings. The van der Waals surface area contributed by atoms with Crippen LogP contribution in [0.2, 0.25) is 0 Å². The van der Waals surface area contributed by atoms with Crippen LogP contribution in [0.15, 0.2) is 59.8 Å². The molecule has 2 aliphatic rings. The Morgan fingerprint density at radius 2 is 1.85 bits per heavy atom. The Morgan fingerprint density at radius 3 is 2.56 bits per heavy atom. The van der Waals surface area contributed by atoms with E-state index in [4.69, 9.17) is 14.8 Å². The van der Waals surface area contributed by atoms with Crippen LogP contribution in [0.4, 0.5) is 4.79 Å². The number of fused-ring (bicyclic) bond motifs is 1. The Bertz CT molecular complexity index is 1390. The Kier molecular flexibility index (Phi) is 7.62. The number of carbonyl (C=O) groups is 2. The van der Waals surface area contributed by atoms with Gasteiger partial charge in [0.15, 0.2) is 5.60 Å². The van der Waals surface area contributed by atoms with Gasteiger partial charge in [0.2, 0.25) is 5.91 Å². The summed E-state index contributed by atoms with van der Waals surface area (Å²) >= 11 is 0. The van der Waals surface area contributed by atoms with Crippen molar-refractivity contribution in [2.75, 3.05) is 32.7 Å². The van der Waals surface area contributed by atoms with Gasteiger partial charge in [0.1, 0.15) is 12.4 Å². The highest BCUT2D eigenvalue weighted by Crippen LogP contribution is 2.32. The van der Waals surface area contributed by atoms with Gasteiger partial charge in [0.25, 0.3) is 0 Å². The molecular weight excluding hydrogens is 502 g/mol. The zero-order valence-corrected chi connectivity index (χ0v) is 21.7. The highest BCUT2D eigenvalue weighted by Gasteiger charge is 2.43. The van der Waals surface area contributed by atoms with E-state index >= 15 is 0 Å². The number of para-hydroxylation sites is 1. The SMILES string of the molecule is Cc1cc(COc2ccc(C3=NOC(CC(=O)NO)(CN4CCN(C(=O)O)CC4)C3)cc2)c2ccccc2n1. The Morgan fingerprint density at radius 1 is 1.10 bits per heavy atom. The van der Waals surface area contributed by atoms with Crippen molar-refractivity contribution in [1.29, 1.82) is 0 Å². The van der Waals surface area contributed by atoms with Crippen LogP contribution in [-0.2, 0) is 16.2 Å². The molecule has 3 aromatic rings. The van der Waals surface area contributed by atoms with Crippen molar-refractivity contribution >= 4 is 28.6 Å². The van der Waals surface area contributed by atoms with Crippen molar-refractivity contribution in [3.63, 3.8) is 0 Å². The van der Waals surface area contributed by atoms with Crippen molar-refractivity contribution in [1.82, 2.24) is 20.3 Å². The first-order valence-electron chi connectivity index (χ1n) is 12.8. The molecule has 204 valence electrons. The van der Waals surface area contributed by atoms with Gasteiger partial charge in [-0.2, -0.15) is 0 Å². The standard InChI is InChI=1S/C28H31N5O6/c1-19-14-21(23-4-2-3-5-24(23)29-19)17-38-22-8-6-20(7-9-22)25-15-28(39-31-25,16-26(34)30-37)18-32-10-12-33(13-11-32)27(35)36/h2-9,14,37H,10-13,15-18H2,1H3,(H,30,34)(H,35,36). The Hall–Kier alpha value is -4.22. The molecule has 0 saturated carbocycles. The summed E-state index contributed by atoms with van der Waals surface area (Å²) in [5.41, 5.74) is 5.18. The third kappa shape index (κ3) is 6.10. The lowest BCUT2D eigenvalue weighted by Crippen LogP contribution is -2.54. The van der Waals surface area contributed by atoms with Gasteiger partial charge in [-0.3, -0.25) is 19.9 Å². The number of oxime groups is 1. The molecule has 3 heterocycles. The first kappa shape index (κ1) is 26.4. The smallest absolute Gasteiger partial charge is 0.407 e. The van der Waals surface area contributed by atoms with E-state index in [-0.39, 0.29) is 6.42 Å². The van der Waals surface area contributed by atoms with Crippen molar-refractivity contribution < 1.29 is 29.5 Å². The number of nitrogens with one attached hydrogen (secondary N) is 1. The number of piperazine rings is 1. The summed E-state index contributed by atoms with van der Waals surface area (Å²) in [5.74, 6) is 0.136. The van der Waals surface area contributed by atoms with Crippen LogP contribution in [0, 0.1) is 6.92 Å². The van der Waals surface area contributed by atoms with E-state index in [9.17, 15) is 14.7 Å². The molecule has 0 bridgehead atoms. The minimum absolute atomic E-state index is 0.0872. The number of aryl methyl sites for hydroxylation is 1. The van der Waals surface area contributed by atoms with E-state index in [1.807, 2.05) is 61.5 Å². The molecule has 5 rings (SSSR count). The number of rotatable bonds is 8. The minimum Gasteiger partial charge on any atom is -0.489 e. The zero-order chi connectivity index (χ0) is 27.4. The Labute approximate surface area is 225 Å². The summed E-state index contributed by atoms with van der Waals surface area (Å²) in [6, 6.07) is 17.6. The lowest BCUT2D eigenvalue weighted by atomic mass is 9.90. The number of pyridine rings is 1. The molecule has 1 unspecified atom stereocenters. The number of nitrogens with zero attached hydrogens (tertiary/aromatic N) is 4. The normalized spacial score (nSPS) is 19.4. The molecule has 0 spiro atoms. The van der Waals surface area contributed by atoms with E-state index in [2.05, 4.69) is 15.0 Å². The molecule has 1 aromatic heterocycles. The van der Waals surface area contributed by atoms with Crippen molar-refractivity contribution in [3.8, 4) is 5.75 Å². The number of amides is 2. The van der Waals surface area contributed by atoms with Crippen LogP contribution in [0.3, 0.4) is 0 Å². The van der Waals surface area contributed by atoms with Gasteiger partial charge in [0.05, 0.1) is 17.6 Å². The van der Waals surface area contributed by atoms with Gasteiger partial charge in [-0.05, 0) is 48.9 Å². The molecule has 11 nitrogen and oxygen atoms in total. The number of hydroxylamine groups is 1. The maximum absolute atomic E-state index is 12.1. The van der Waals surface area contributed by atoms with E-state index in [1.54, 1.807) is 5.48 Å². The topological polar surface area (TPSA) is 137 Å². The highest BCUT2D eigenvalue weighted by molar-refractivity contribution is 6.02. The first-order valence-corrected chi connectivity index (χ1v) is 12.8.